The number of nitriles is 1. The summed E-state index contributed by atoms with van der Waals surface area (Å²) in [5.41, 5.74) is 1.04. The van der Waals surface area contributed by atoms with Gasteiger partial charge in [0.25, 0.3) is 5.91 Å². The number of phosphoric acid groups is 1. The molecule has 10 atom stereocenters. The van der Waals surface area contributed by atoms with Gasteiger partial charge in [0.1, 0.15) is 48.6 Å². The van der Waals surface area contributed by atoms with Crippen molar-refractivity contribution in [2.75, 3.05) is 25.1 Å². The molecule has 2 N–H and O–H groups in total. The molecule has 3 fully saturated rings. The van der Waals surface area contributed by atoms with Crippen LogP contribution in [0.5, 0.6) is 0 Å². The number of nitrogens with zero attached hydrogens (tertiary/aromatic N) is 6. The van der Waals surface area contributed by atoms with Crippen LogP contribution in [0.3, 0.4) is 0 Å². The summed E-state index contributed by atoms with van der Waals surface area (Å²) < 4.78 is 81.9. The molecule has 3 aliphatic heterocycles. The Morgan fingerprint density at radius 2 is 1.81 bits per heavy atom. The molecule has 4 aromatic rings. The van der Waals surface area contributed by atoms with Gasteiger partial charge >= 0.3 is 14.5 Å². The zero-order valence-electron chi connectivity index (χ0n) is 34.5. The minimum absolute atomic E-state index is 0.0431. The Labute approximate surface area is 362 Å². The molecule has 6 heterocycles. The van der Waals surface area contributed by atoms with Crippen LogP contribution in [-0.4, -0.2) is 106 Å². The minimum atomic E-state index is -5.11. The van der Waals surface area contributed by atoms with Gasteiger partial charge in [0.2, 0.25) is 0 Å². The highest BCUT2D eigenvalue weighted by Crippen LogP contribution is 2.58. The number of nitrogens with one attached hydrogen (secondary N) is 1. The number of alkyl halides is 1. The number of hydrogen-bond acceptors (Lipinski definition) is 17. The molecule has 7 rings (SSSR count). The first-order valence-electron chi connectivity index (χ1n) is 19.5. The van der Waals surface area contributed by atoms with Crippen molar-refractivity contribution in [3.63, 3.8) is 0 Å². The van der Waals surface area contributed by atoms with Crippen molar-refractivity contribution in [1.29, 1.82) is 5.26 Å². The van der Waals surface area contributed by atoms with E-state index in [1.165, 1.54) is 30.1 Å². The third-order valence-corrected chi connectivity index (χ3v) is 18.8. The first-order chi connectivity index (χ1) is 29.3. The summed E-state index contributed by atoms with van der Waals surface area (Å²) in [5.74, 6) is -0.757. The van der Waals surface area contributed by atoms with E-state index >= 15 is 4.39 Å². The molecule has 3 aromatic heterocycles. The monoisotopic (exact) mass is 933 g/mol. The average Bonchev–Trinajstić information content (AvgIpc) is 3.89. The van der Waals surface area contributed by atoms with E-state index in [1.54, 1.807) is 36.4 Å². The van der Waals surface area contributed by atoms with Crippen LogP contribution in [0.2, 0.25) is 18.1 Å². The molecule has 1 amide bonds. The zero-order valence-corrected chi connectivity index (χ0v) is 38.1. The second-order valence-corrected chi connectivity index (χ2v) is 25.4. The summed E-state index contributed by atoms with van der Waals surface area (Å²) in [6.07, 6.45) is -7.70. The first kappa shape index (κ1) is 46.2. The lowest BCUT2D eigenvalue weighted by atomic mass is 10.0. The van der Waals surface area contributed by atoms with Crippen molar-refractivity contribution in [3.05, 3.63) is 78.1 Å². The third-order valence-electron chi connectivity index (χ3n) is 11.0. The van der Waals surface area contributed by atoms with Crippen LogP contribution in [0.1, 0.15) is 72.9 Å². The molecule has 0 radical (unpaired) electrons. The van der Waals surface area contributed by atoms with Gasteiger partial charge in [-0.05, 0) is 59.8 Å². The lowest BCUT2D eigenvalue weighted by Crippen LogP contribution is -2.50. The number of halogens is 1. The molecule has 24 heteroatoms. The van der Waals surface area contributed by atoms with Crippen molar-refractivity contribution >= 4 is 63.3 Å². The summed E-state index contributed by atoms with van der Waals surface area (Å²) in [4.78, 5) is 53.7. The fourth-order valence-electron chi connectivity index (χ4n) is 6.76. The van der Waals surface area contributed by atoms with Gasteiger partial charge in [0, 0.05) is 18.7 Å². The fourth-order valence-corrected chi connectivity index (χ4v) is 11.1. The minimum Gasteiger partial charge on any atom is -0.408 e. The number of benzene rings is 1. The van der Waals surface area contributed by atoms with Crippen LogP contribution in [0, 0.1) is 11.3 Å². The van der Waals surface area contributed by atoms with Crippen LogP contribution in [0.25, 0.3) is 11.2 Å². The number of carbonyl (C=O) groups is 2. The molecule has 0 aliphatic carbocycles. The number of pyridine rings is 1. The topological polar surface area (TPSA) is 238 Å². The highest BCUT2D eigenvalue weighted by Gasteiger charge is 2.56. The SMILES string of the molecule is CC(=O)c1cc([C@@H]2O[C@@H]3COP(=S)(OCCC#N)O[C@H]4[C@@H](F)[C@H](n5cnc6c(NC(=O)c7ccccc7)ncnc65)O[C@@H]4COP(=O)(O)O[C@@H]2[C@@H]3O[Si](C)(C)C(C)(C)C)ccn1. The maximum absolute atomic E-state index is 17.0. The molecule has 3 aliphatic rings. The molecule has 1 aromatic carbocycles. The summed E-state index contributed by atoms with van der Waals surface area (Å²) in [5, 5.41) is 11.7. The molecule has 0 saturated carbocycles. The fraction of sp³-hybridized carbons (Fsp3) is 0.500. The van der Waals surface area contributed by atoms with E-state index in [4.69, 9.17) is 48.3 Å². The van der Waals surface area contributed by atoms with Gasteiger partial charge in [-0.25, -0.2) is 23.9 Å². The number of fused-ring (bicyclic) bond motifs is 4. The number of phosphoric ester groups is 1. The lowest BCUT2D eigenvalue weighted by molar-refractivity contribution is -0.0535. The van der Waals surface area contributed by atoms with Crippen molar-refractivity contribution in [1.82, 2.24) is 24.5 Å². The second kappa shape index (κ2) is 18.4. The number of imidazole rings is 1. The van der Waals surface area contributed by atoms with Gasteiger partial charge in [0.05, 0.1) is 38.6 Å². The average molecular weight is 934 g/mol. The number of anilines is 1. The van der Waals surface area contributed by atoms with E-state index in [9.17, 15) is 24.3 Å². The Morgan fingerprint density at radius 3 is 2.52 bits per heavy atom. The summed E-state index contributed by atoms with van der Waals surface area (Å²) in [7, 11) is -7.84. The number of hydrogen-bond donors (Lipinski definition) is 2. The largest absolute Gasteiger partial charge is 0.472 e. The normalized spacial score (nSPS) is 30.7. The van der Waals surface area contributed by atoms with Gasteiger partial charge in [-0.3, -0.25) is 32.7 Å². The van der Waals surface area contributed by atoms with Crippen LogP contribution in [0.4, 0.5) is 10.2 Å². The molecular weight excluding hydrogens is 888 g/mol. The van der Waals surface area contributed by atoms with E-state index in [0.29, 0.717) is 11.1 Å². The number of ketones is 1. The molecule has 2 bridgehead atoms. The van der Waals surface area contributed by atoms with Crippen molar-refractivity contribution in [2.45, 2.75) is 101 Å². The Kier molecular flexibility index (Phi) is 13.7. The summed E-state index contributed by atoms with van der Waals surface area (Å²) >= 11 is 5.88. The number of Topliss-reactive ketones (excluding diaryl/α,β-unsaturated/α-hetero) is 1. The molecular formula is C38H46FN7O12P2SSi. The van der Waals surface area contributed by atoms with Gasteiger partial charge in [-0.15, -0.1) is 0 Å². The van der Waals surface area contributed by atoms with E-state index in [2.05, 4.69) is 25.3 Å². The molecule has 62 heavy (non-hydrogen) atoms. The van der Waals surface area contributed by atoms with E-state index in [0.717, 1.165) is 6.33 Å². The van der Waals surface area contributed by atoms with Gasteiger partial charge in [-0.1, -0.05) is 39.0 Å². The highest BCUT2D eigenvalue weighted by molar-refractivity contribution is 8.07. The first-order valence-corrected chi connectivity index (χ1v) is 26.5. The van der Waals surface area contributed by atoms with Gasteiger partial charge < -0.3 is 33.2 Å². The van der Waals surface area contributed by atoms with Crippen molar-refractivity contribution in [2.24, 2.45) is 0 Å². The standard InChI is InChI=1S/C38H46FN7O12P2SSi/c1-22(47)25-17-24(13-15-41-25)30-33-32(58-62(5,6)38(2,3)4)27(54-30)19-53-60(61,51-16-10-14-40)57-31-26(18-52-59(49,50)56-33)55-37(28(31)39)46-21-44-29-34(42-20-43-35(29)46)45-36(48)23-11-8-7-9-12-23/h7-9,11-13,15,17,20-21,26-28,30-33,37H,10,16,18-19H2,1-6H3,(H,49,50)(H,42,43,45,48)/t26-,27-,28-,30+,31-,32-,33+,37-,60?/m1/s1. The second-order valence-electron chi connectivity index (χ2n) is 16.2. The number of ether oxygens (including phenoxy) is 2. The molecule has 2 unspecified atom stereocenters. The van der Waals surface area contributed by atoms with Gasteiger partial charge in [0.15, 0.2) is 43.5 Å². The number of rotatable bonds is 10. The number of aromatic nitrogens is 5. The maximum Gasteiger partial charge on any atom is 0.472 e. The maximum atomic E-state index is 17.0. The lowest BCUT2D eigenvalue weighted by Gasteiger charge is -2.40. The third kappa shape index (κ3) is 9.95. The van der Waals surface area contributed by atoms with Crippen molar-refractivity contribution in [3.8, 4) is 6.07 Å². The predicted molar refractivity (Wildman–Crippen MR) is 224 cm³/mol. The smallest absolute Gasteiger partial charge is 0.408 e. The molecule has 19 nitrogen and oxygen atoms in total. The molecule has 0 spiro atoms. The number of amides is 1. The van der Waals surface area contributed by atoms with E-state index < -0.39 is 91.0 Å². The van der Waals surface area contributed by atoms with Crippen molar-refractivity contribution < 1.29 is 60.0 Å². The highest BCUT2D eigenvalue weighted by atomic mass is 32.5. The van der Waals surface area contributed by atoms with Crippen LogP contribution in [-0.2, 0) is 52.9 Å². The Hall–Kier alpha value is -3.78. The zero-order chi connectivity index (χ0) is 44.6. The number of carbonyl (C=O) groups excluding carboxylic acids is 2. The predicted octanol–water partition coefficient (Wildman–Crippen LogP) is 6.51. The summed E-state index contributed by atoms with van der Waals surface area (Å²) in [6.45, 7) is 5.86. The van der Waals surface area contributed by atoms with Crippen LogP contribution < -0.4 is 5.32 Å². The Morgan fingerprint density at radius 1 is 1.06 bits per heavy atom. The summed E-state index contributed by atoms with van der Waals surface area (Å²) in [6, 6.07) is 13.4. The molecule has 3 saturated heterocycles. The van der Waals surface area contributed by atoms with Crippen LogP contribution in [0.15, 0.2) is 61.3 Å². The van der Waals surface area contributed by atoms with E-state index in [-0.39, 0.29) is 46.5 Å². The Balaban J connectivity index is 1.24. The Bertz CT molecular complexity index is 2440. The van der Waals surface area contributed by atoms with Crippen LogP contribution >= 0.6 is 14.5 Å². The quantitative estimate of drug-likeness (QED) is 0.0745. The molecule has 332 valence electrons. The van der Waals surface area contributed by atoms with Gasteiger partial charge in [-0.2, -0.15) is 5.26 Å². The van der Waals surface area contributed by atoms with E-state index in [1.807, 2.05) is 39.9 Å².